The second-order valence-corrected chi connectivity index (χ2v) is 7.16. The first kappa shape index (κ1) is 19.5. The number of halogens is 1. The zero-order valence-corrected chi connectivity index (χ0v) is 15.8. The highest BCUT2D eigenvalue weighted by atomic mass is 19.1. The molecule has 27 heavy (non-hydrogen) atoms. The number of methoxy groups -OCH3 is 1. The molecule has 4 nitrogen and oxygen atoms in total. The van der Waals surface area contributed by atoms with Crippen molar-refractivity contribution in [1.29, 1.82) is 0 Å². The van der Waals surface area contributed by atoms with Crippen LogP contribution in [0.4, 0.5) is 4.39 Å². The summed E-state index contributed by atoms with van der Waals surface area (Å²) < 4.78 is 25.4. The summed E-state index contributed by atoms with van der Waals surface area (Å²) in [6.07, 6.45) is 1.23. The van der Waals surface area contributed by atoms with Crippen molar-refractivity contribution in [3.63, 3.8) is 0 Å². The molecule has 1 fully saturated rings. The Hall–Kier alpha value is -2.24. The van der Waals surface area contributed by atoms with Crippen LogP contribution in [0, 0.1) is 5.82 Å². The van der Waals surface area contributed by atoms with Crippen molar-refractivity contribution in [3.8, 4) is 0 Å². The van der Waals surface area contributed by atoms with Crippen molar-refractivity contribution in [2.45, 2.75) is 30.8 Å². The quantitative estimate of drug-likeness (QED) is 0.845. The molecule has 0 saturated carbocycles. The van der Waals surface area contributed by atoms with Gasteiger partial charge in [-0.05, 0) is 31.4 Å². The molecule has 1 amide bonds. The molecule has 0 bridgehead atoms. The summed E-state index contributed by atoms with van der Waals surface area (Å²) in [7, 11) is 1.53. The molecule has 0 aromatic heterocycles. The van der Waals surface area contributed by atoms with Gasteiger partial charge in [-0.1, -0.05) is 48.5 Å². The van der Waals surface area contributed by atoms with E-state index in [1.165, 1.54) is 13.2 Å². The van der Waals surface area contributed by atoms with Crippen LogP contribution < -0.4 is 5.32 Å². The van der Waals surface area contributed by atoms with Crippen LogP contribution >= 0.6 is 0 Å². The molecule has 2 aromatic carbocycles. The molecule has 1 N–H and O–H groups in total. The van der Waals surface area contributed by atoms with Crippen molar-refractivity contribution in [2.24, 2.45) is 0 Å². The Morgan fingerprint density at radius 3 is 2.41 bits per heavy atom. The predicted octanol–water partition coefficient (Wildman–Crippen LogP) is 3.55. The Balaban J connectivity index is 1.83. The van der Waals surface area contributed by atoms with Crippen LogP contribution in [0.1, 0.15) is 30.9 Å². The lowest BCUT2D eigenvalue weighted by molar-refractivity contribution is -0.132. The van der Waals surface area contributed by atoms with Gasteiger partial charge < -0.3 is 14.8 Å². The number of ether oxygens (including phenoxy) is 2. The van der Waals surface area contributed by atoms with E-state index in [0.717, 1.165) is 5.56 Å². The highest BCUT2D eigenvalue weighted by molar-refractivity contribution is 5.88. The highest BCUT2D eigenvalue weighted by Gasteiger charge is 2.42. The van der Waals surface area contributed by atoms with E-state index in [2.05, 4.69) is 5.32 Å². The van der Waals surface area contributed by atoms with Crippen molar-refractivity contribution in [1.82, 2.24) is 5.32 Å². The zero-order valence-electron chi connectivity index (χ0n) is 15.8. The number of nitrogens with one attached hydrogen (secondary N) is 1. The fourth-order valence-electron chi connectivity index (χ4n) is 3.71. The van der Waals surface area contributed by atoms with Crippen molar-refractivity contribution >= 4 is 5.91 Å². The largest absolute Gasteiger partial charge is 0.381 e. The third-order valence-electron chi connectivity index (χ3n) is 5.59. The minimum absolute atomic E-state index is 0.0726. The summed E-state index contributed by atoms with van der Waals surface area (Å²) in [6, 6.07) is 16.3. The van der Waals surface area contributed by atoms with Crippen LogP contribution in [-0.2, 0) is 25.3 Å². The van der Waals surface area contributed by atoms with Crippen LogP contribution in [0.25, 0.3) is 0 Å². The maximum Gasteiger partial charge on any atom is 0.230 e. The van der Waals surface area contributed by atoms with Gasteiger partial charge >= 0.3 is 0 Å². The predicted molar refractivity (Wildman–Crippen MR) is 102 cm³/mol. The molecule has 1 aliphatic rings. The number of carbonyl (C=O) groups excluding carboxylic acids is 1. The molecule has 1 saturated heterocycles. The number of hydrogen-bond acceptors (Lipinski definition) is 3. The van der Waals surface area contributed by atoms with E-state index >= 15 is 0 Å². The second-order valence-electron chi connectivity index (χ2n) is 7.16. The Labute approximate surface area is 159 Å². The average molecular weight is 371 g/mol. The molecular weight excluding hydrogens is 345 g/mol. The summed E-state index contributed by atoms with van der Waals surface area (Å²) in [5.41, 5.74) is -0.183. The molecule has 5 heteroatoms. The summed E-state index contributed by atoms with van der Waals surface area (Å²) in [6.45, 7) is 3.04. The zero-order chi connectivity index (χ0) is 19.3. The lowest BCUT2D eigenvalue weighted by Gasteiger charge is -2.38. The van der Waals surface area contributed by atoms with E-state index < -0.39 is 11.0 Å². The Morgan fingerprint density at radius 2 is 1.78 bits per heavy atom. The van der Waals surface area contributed by atoms with Crippen LogP contribution in [0.2, 0.25) is 0 Å². The fraction of sp³-hybridized carbons (Fsp3) is 0.409. The maximum absolute atomic E-state index is 14.3. The average Bonchev–Trinajstić information content (AvgIpc) is 2.73. The Morgan fingerprint density at radius 1 is 1.15 bits per heavy atom. The van der Waals surface area contributed by atoms with E-state index in [4.69, 9.17) is 9.47 Å². The van der Waals surface area contributed by atoms with Gasteiger partial charge in [-0.25, -0.2) is 4.39 Å². The van der Waals surface area contributed by atoms with Crippen molar-refractivity contribution < 1.29 is 18.7 Å². The maximum atomic E-state index is 14.3. The second kappa shape index (κ2) is 8.19. The van der Waals surface area contributed by atoms with E-state index in [1.54, 1.807) is 25.1 Å². The molecule has 0 unspecified atom stereocenters. The van der Waals surface area contributed by atoms with Gasteiger partial charge in [-0.15, -0.1) is 0 Å². The lowest BCUT2D eigenvalue weighted by Crippen LogP contribution is -2.51. The highest BCUT2D eigenvalue weighted by Crippen LogP contribution is 2.35. The number of carbonyl (C=O) groups is 1. The standard InChI is InChI=1S/C22H26FNO3/c1-21(26-2,18-10-6-7-11-19(18)23)16-24-20(25)22(12-14-27-15-13-22)17-8-4-3-5-9-17/h3-11H,12-16H2,1-2H3,(H,24,25)/t21-/m1/s1. The summed E-state index contributed by atoms with van der Waals surface area (Å²) >= 11 is 0. The molecular formula is C22H26FNO3. The Kier molecular flexibility index (Phi) is 5.92. The van der Waals surface area contributed by atoms with Gasteiger partial charge in [0.1, 0.15) is 11.4 Å². The molecule has 1 heterocycles. The molecule has 1 aliphatic heterocycles. The van der Waals surface area contributed by atoms with Crippen LogP contribution in [0.3, 0.4) is 0 Å². The van der Waals surface area contributed by atoms with Crippen molar-refractivity contribution in [3.05, 3.63) is 71.5 Å². The van der Waals surface area contributed by atoms with Gasteiger partial charge in [-0.3, -0.25) is 4.79 Å². The van der Waals surface area contributed by atoms with E-state index in [1.807, 2.05) is 30.3 Å². The van der Waals surface area contributed by atoms with E-state index in [0.29, 0.717) is 31.6 Å². The minimum Gasteiger partial charge on any atom is -0.381 e. The Bertz CT molecular complexity index is 774. The van der Waals surface area contributed by atoms with Crippen molar-refractivity contribution in [2.75, 3.05) is 26.9 Å². The van der Waals surface area contributed by atoms with E-state index in [9.17, 15) is 9.18 Å². The topological polar surface area (TPSA) is 47.6 Å². The van der Waals surface area contributed by atoms with E-state index in [-0.39, 0.29) is 18.3 Å². The summed E-state index contributed by atoms with van der Waals surface area (Å²) in [5, 5.41) is 3.02. The van der Waals surface area contributed by atoms with Gasteiger partial charge in [0.05, 0.1) is 12.0 Å². The monoisotopic (exact) mass is 371 g/mol. The molecule has 0 radical (unpaired) electrons. The van der Waals surface area contributed by atoms with Gasteiger partial charge in [0.15, 0.2) is 0 Å². The van der Waals surface area contributed by atoms with Gasteiger partial charge in [-0.2, -0.15) is 0 Å². The number of rotatable bonds is 6. The van der Waals surface area contributed by atoms with Crippen LogP contribution in [0.15, 0.2) is 54.6 Å². The molecule has 1 atom stereocenters. The summed E-state index contributed by atoms with van der Waals surface area (Å²) in [4.78, 5) is 13.3. The van der Waals surface area contributed by atoms with Gasteiger partial charge in [0.2, 0.25) is 5.91 Å². The third kappa shape index (κ3) is 3.89. The van der Waals surface area contributed by atoms with Gasteiger partial charge in [0, 0.05) is 25.9 Å². The minimum atomic E-state index is -0.954. The smallest absolute Gasteiger partial charge is 0.230 e. The fourth-order valence-corrected chi connectivity index (χ4v) is 3.71. The lowest BCUT2D eigenvalue weighted by atomic mass is 9.73. The number of amides is 1. The number of benzene rings is 2. The molecule has 0 spiro atoms. The SMILES string of the molecule is CO[C@](C)(CNC(=O)C1(c2ccccc2)CCOCC1)c1ccccc1F. The first-order chi connectivity index (χ1) is 13.0. The van der Waals surface area contributed by atoms with Gasteiger partial charge in [0.25, 0.3) is 0 Å². The number of hydrogen-bond donors (Lipinski definition) is 1. The third-order valence-corrected chi connectivity index (χ3v) is 5.59. The normalized spacial score (nSPS) is 18.5. The first-order valence-electron chi connectivity index (χ1n) is 9.24. The molecule has 3 rings (SSSR count). The van der Waals surface area contributed by atoms with Crippen LogP contribution in [-0.4, -0.2) is 32.8 Å². The molecule has 2 aromatic rings. The molecule has 144 valence electrons. The first-order valence-corrected chi connectivity index (χ1v) is 9.24. The summed E-state index contributed by atoms with van der Waals surface area (Å²) in [5.74, 6) is -0.420. The molecule has 0 aliphatic carbocycles. The van der Waals surface area contributed by atoms with Crippen LogP contribution in [0.5, 0.6) is 0 Å².